The van der Waals surface area contributed by atoms with Gasteiger partial charge in [0.05, 0.1) is 11.0 Å². The Morgan fingerprint density at radius 3 is 1.95 bits per heavy atom. The van der Waals surface area contributed by atoms with E-state index in [0.29, 0.717) is 9.46 Å². The van der Waals surface area contributed by atoms with Crippen LogP contribution < -0.4 is 9.46 Å². The fourth-order valence-corrected chi connectivity index (χ4v) is 2.09. The maximum absolute atomic E-state index is 12.2. The van der Waals surface area contributed by atoms with Gasteiger partial charge in [0.1, 0.15) is 6.07 Å². The van der Waals surface area contributed by atoms with Gasteiger partial charge in [-0.25, -0.2) is 0 Å². The Balaban J connectivity index is 2.56. The molecular formula is C12H7N3O5. The van der Waals surface area contributed by atoms with Gasteiger partial charge in [-0.05, 0) is 0 Å². The van der Waals surface area contributed by atoms with Crippen molar-refractivity contribution < 1.29 is 19.5 Å². The summed E-state index contributed by atoms with van der Waals surface area (Å²) in [4.78, 5) is 9.95. The van der Waals surface area contributed by atoms with Gasteiger partial charge in [-0.3, -0.25) is 10.1 Å². The summed E-state index contributed by atoms with van der Waals surface area (Å²) in [6.45, 7) is 0. The molecule has 0 saturated carbocycles. The van der Waals surface area contributed by atoms with Gasteiger partial charge in [0.25, 0.3) is 22.1 Å². The normalized spacial score (nSPS) is 11.0. The van der Waals surface area contributed by atoms with E-state index in [-0.39, 0.29) is 22.1 Å². The predicted octanol–water partition coefficient (Wildman–Crippen LogP) is 0.874. The van der Waals surface area contributed by atoms with Crippen LogP contribution in [0.2, 0.25) is 0 Å². The van der Waals surface area contributed by atoms with Crippen LogP contribution >= 0.6 is 0 Å². The molecule has 0 unspecified atom stereocenters. The lowest BCUT2D eigenvalue weighted by molar-refractivity contribution is -0.591. The van der Waals surface area contributed by atoms with Crippen molar-refractivity contribution in [1.82, 2.24) is 0 Å². The van der Waals surface area contributed by atoms with Crippen molar-refractivity contribution in [2.45, 2.75) is 0 Å². The van der Waals surface area contributed by atoms with Gasteiger partial charge in [-0.1, -0.05) is 12.1 Å². The fourth-order valence-electron chi connectivity index (χ4n) is 2.09. The van der Waals surface area contributed by atoms with E-state index >= 15 is 0 Å². The monoisotopic (exact) mass is 273 g/mol. The average molecular weight is 273 g/mol. The average Bonchev–Trinajstić information content (AvgIpc) is 2.44. The van der Waals surface area contributed by atoms with Gasteiger partial charge in [-0.2, -0.15) is 9.46 Å². The fraction of sp³-hybridized carbons (Fsp3) is 0. The molecule has 0 radical (unpaired) electrons. The molecule has 20 heavy (non-hydrogen) atoms. The van der Waals surface area contributed by atoms with Crippen LogP contribution in [0.25, 0.3) is 22.1 Å². The van der Waals surface area contributed by atoms with E-state index in [1.165, 1.54) is 12.1 Å². The number of phenols is 1. The van der Waals surface area contributed by atoms with Gasteiger partial charge in [0.2, 0.25) is 5.75 Å². The highest BCUT2D eigenvalue weighted by Crippen LogP contribution is 2.28. The van der Waals surface area contributed by atoms with Gasteiger partial charge in [-0.15, -0.1) is 0 Å². The molecule has 0 atom stereocenters. The van der Waals surface area contributed by atoms with Crippen LogP contribution in [0, 0.1) is 20.5 Å². The van der Waals surface area contributed by atoms with Crippen molar-refractivity contribution in [3.8, 4) is 5.75 Å². The number of para-hydroxylation sites is 2. The predicted molar refractivity (Wildman–Crippen MR) is 67.7 cm³/mol. The molecule has 8 heteroatoms. The summed E-state index contributed by atoms with van der Waals surface area (Å²) in [7, 11) is 0. The zero-order chi connectivity index (χ0) is 14.4. The molecule has 0 saturated heterocycles. The first-order valence-electron chi connectivity index (χ1n) is 5.55. The molecule has 0 amide bonds. The third-order valence-corrected chi connectivity index (χ3v) is 3.03. The van der Waals surface area contributed by atoms with E-state index in [9.17, 15) is 25.6 Å². The number of hydrogen-bond acceptors (Lipinski definition) is 5. The molecule has 3 rings (SSSR count). The van der Waals surface area contributed by atoms with Crippen molar-refractivity contribution in [1.29, 1.82) is 0 Å². The largest absolute Gasteiger partial charge is 0.617 e. The molecule has 2 aromatic carbocycles. The molecule has 0 bridgehead atoms. The van der Waals surface area contributed by atoms with Gasteiger partial charge in [0.15, 0.2) is 0 Å². The van der Waals surface area contributed by atoms with Crippen molar-refractivity contribution in [3.05, 3.63) is 56.9 Å². The molecule has 100 valence electrons. The van der Waals surface area contributed by atoms with E-state index in [1.807, 2.05) is 0 Å². The zero-order valence-electron chi connectivity index (χ0n) is 9.89. The molecule has 1 heterocycles. The Bertz CT molecular complexity index is 878. The molecule has 0 aliphatic heterocycles. The van der Waals surface area contributed by atoms with E-state index in [4.69, 9.17) is 0 Å². The van der Waals surface area contributed by atoms with Crippen LogP contribution in [-0.2, 0) is 0 Å². The standard InChI is InChI=1S/C12H7N3O5/c16-12-6-10-9(5-11(12)15(19)20)13(17)7-3-1-2-4-8(7)14(10)18/h1-6,16H. The summed E-state index contributed by atoms with van der Waals surface area (Å²) in [6, 6.07) is 7.87. The first-order chi connectivity index (χ1) is 9.50. The highest BCUT2D eigenvalue weighted by molar-refractivity contribution is 5.80. The topological polar surface area (TPSA) is 117 Å². The summed E-state index contributed by atoms with van der Waals surface area (Å²) in [5.41, 5.74) is -0.736. The lowest BCUT2D eigenvalue weighted by Crippen LogP contribution is -2.39. The van der Waals surface area contributed by atoms with Gasteiger partial charge < -0.3 is 15.5 Å². The smallest absolute Gasteiger partial charge is 0.317 e. The van der Waals surface area contributed by atoms with Crippen molar-refractivity contribution in [2.75, 3.05) is 0 Å². The number of rotatable bonds is 1. The molecule has 8 nitrogen and oxygen atoms in total. The molecule has 0 aliphatic carbocycles. The number of hydrogen-bond donors (Lipinski definition) is 1. The second-order valence-electron chi connectivity index (χ2n) is 4.16. The number of nitrogens with zero attached hydrogens (tertiary/aromatic N) is 3. The van der Waals surface area contributed by atoms with Crippen LogP contribution in [0.15, 0.2) is 36.4 Å². The van der Waals surface area contributed by atoms with Gasteiger partial charge >= 0.3 is 5.69 Å². The van der Waals surface area contributed by atoms with Crippen molar-refractivity contribution in [3.63, 3.8) is 0 Å². The number of aromatic hydroxyl groups is 1. The first kappa shape index (κ1) is 11.9. The van der Waals surface area contributed by atoms with Crippen LogP contribution in [0.4, 0.5) is 5.69 Å². The third kappa shape index (κ3) is 1.48. The summed E-state index contributed by atoms with van der Waals surface area (Å²) in [5.74, 6) is -0.664. The Morgan fingerprint density at radius 2 is 1.45 bits per heavy atom. The van der Waals surface area contributed by atoms with Crippen LogP contribution in [0.5, 0.6) is 5.75 Å². The molecule has 1 aromatic heterocycles. The maximum Gasteiger partial charge on any atom is 0.317 e. The quantitative estimate of drug-likeness (QED) is 0.232. The number of phenolic OH excluding ortho intramolecular Hbond substituents is 1. The van der Waals surface area contributed by atoms with E-state index in [0.717, 1.165) is 12.1 Å². The Morgan fingerprint density at radius 1 is 0.950 bits per heavy atom. The highest BCUT2D eigenvalue weighted by Gasteiger charge is 2.26. The summed E-state index contributed by atoms with van der Waals surface area (Å²) < 4.78 is 0.897. The van der Waals surface area contributed by atoms with Crippen molar-refractivity contribution >= 4 is 27.8 Å². The first-order valence-corrected chi connectivity index (χ1v) is 5.55. The second-order valence-corrected chi connectivity index (χ2v) is 4.16. The third-order valence-electron chi connectivity index (χ3n) is 3.03. The molecule has 3 aromatic rings. The Hall–Kier alpha value is -3.16. The minimum absolute atomic E-state index is 0.0926. The van der Waals surface area contributed by atoms with E-state index in [1.54, 1.807) is 12.1 Å². The summed E-state index contributed by atoms with van der Waals surface area (Å²) in [6.07, 6.45) is 0. The summed E-state index contributed by atoms with van der Waals surface area (Å²) >= 11 is 0. The minimum atomic E-state index is -0.820. The SMILES string of the molecule is O=[N+]([O-])c1cc2c(cc1O)[n+]([O-])c1ccccc1[n+]2[O-]. The van der Waals surface area contributed by atoms with Gasteiger partial charge in [0, 0.05) is 12.1 Å². The lowest BCUT2D eigenvalue weighted by Gasteiger charge is -2.07. The number of nitro groups is 1. The summed E-state index contributed by atoms with van der Waals surface area (Å²) in [5, 5.41) is 44.7. The van der Waals surface area contributed by atoms with Crippen molar-refractivity contribution in [2.24, 2.45) is 0 Å². The molecule has 1 N–H and O–H groups in total. The number of aromatic nitrogens is 2. The second kappa shape index (κ2) is 3.92. The molecule has 0 spiro atoms. The number of nitro benzene ring substituents is 1. The highest BCUT2D eigenvalue weighted by atomic mass is 16.6. The van der Waals surface area contributed by atoms with E-state index < -0.39 is 16.4 Å². The Kier molecular flexibility index (Phi) is 2.33. The number of benzene rings is 2. The van der Waals surface area contributed by atoms with Crippen LogP contribution in [0.1, 0.15) is 0 Å². The number of fused-ring (bicyclic) bond motifs is 2. The minimum Gasteiger partial charge on any atom is -0.617 e. The molecule has 0 fully saturated rings. The lowest BCUT2D eigenvalue weighted by atomic mass is 10.2. The Labute approximate surface area is 111 Å². The molecule has 0 aliphatic rings. The molecular weight excluding hydrogens is 266 g/mol. The van der Waals surface area contributed by atoms with Crippen LogP contribution in [0.3, 0.4) is 0 Å². The zero-order valence-corrected chi connectivity index (χ0v) is 9.89. The van der Waals surface area contributed by atoms with E-state index in [2.05, 4.69) is 0 Å². The maximum atomic E-state index is 12.2. The van der Waals surface area contributed by atoms with Crippen LogP contribution in [-0.4, -0.2) is 10.0 Å².